The van der Waals surface area contributed by atoms with Crippen molar-refractivity contribution in [3.8, 4) is 5.75 Å². The molecule has 0 aliphatic carbocycles. The maximum Gasteiger partial charge on any atom is 0.165 e. The topological polar surface area (TPSA) is 9.23 Å². The number of ether oxygens (including phenoxy) is 1. The predicted molar refractivity (Wildman–Crippen MR) is 84.5 cm³/mol. The summed E-state index contributed by atoms with van der Waals surface area (Å²) in [4.78, 5) is 0. The first kappa shape index (κ1) is 14.6. The maximum atomic E-state index is 13.7. The normalized spacial score (nSPS) is 12.3. The van der Waals surface area contributed by atoms with Gasteiger partial charge in [-0.15, -0.1) is 11.6 Å². The highest BCUT2D eigenvalue weighted by Gasteiger charge is 2.16. The average molecular weight is 391 g/mol. The van der Waals surface area contributed by atoms with Gasteiger partial charge >= 0.3 is 0 Å². The van der Waals surface area contributed by atoms with E-state index in [4.69, 9.17) is 16.3 Å². The molecule has 0 aliphatic rings. The quantitative estimate of drug-likeness (QED) is 0.525. The SMILES string of the molecule is COc1ccc(C(Cl)c2cccc(C)c2I)cc1F. The molecule has 4 heteroatoms. The van der Waals surface area contributed by atoms with Crippen LogP contribution in [0.3, 0.4) is 0 Å². The number of hydrogen-bond acceptors (Lipinski definition) is 1. The van der Waals surface area contributed by atoms with Crippen LogP contribution in [0.2, 0.25) is 0 Å². The van der Waals surface area contributed by atoms with Crippen LogP contribution in [0.15, 0.2) is 36.4 Å². The number of halogens is 3. The number of alkyl halides is 1. The molecule has 0 heterocycles. The zero-order chi connectivity index (χ0) is 14.0. The predicted octanol–water partition coefficient (Wildman–Crippen LogP) is 5.08. The van der Waals surface area contributed by atoms with Crippen molar-refractivity contribution in [2.75, 3.05) is 7.11 Å². The summed E-state index contributed by atoms with van der Waals surface area (Å²) in [6.45, 7) is 2.03. The molecule has 100 valence electrons. The second kappa shape index (κ2) is 6.09. The Bertz CT molecular complexity index is 601. The van der Waals surface area contributed by atoms with Gasteiger partial charge in [0.1, 0.15) is 0 Å². The number of rotatable bonds is 3. The van der Waals surface area contributed by atoms with E-state index in [0.29, 0.717) is 0 Å². The molecule has 0 N–H and O–H groups in total. The third-order valence-corrected chi connectivity index (χ3v) is 4.92. The standard InChI is InChI=1S/C15H13ClFIO/c1-9-4-3-5-11(15(9)18)14(16)10-6-7-13(19-2)12(17)8-10/h3-8,14H,1-2H3. The fourth-order valence-electron chi connectivity index (χ4n) is 1.89. The van der Waals surface area contributed by atoms with Crippen LogP contribution in [-0.2, 0) is 0 Å². The van der Waals surface area contributed by atoms with Crippen LogP contribution < -0.4 is 4.74 Å². The first-order valence-corrected chi connectivity index (χ1v) is 7.28. The molecule has 1 nitrogen and oxygen atoms in total. The molecule has 19 heavy (non-hydrogen) atoms. The Hall–Kier alpha value is -0.810. The van der Waals surface area contributed by atoms with Crippen molar-refractivity contribution in [3.63, 3.8) is 0 Å². The third-order valence-electron chi connectivity index (χ3n) is 2.96. The number of hydrogen-bond donors (Lipinski definition) is 0. The van der Waals surface area contributed by atoms with Gasteiger partial charge in [0.25, 0.3) is 0 Å². The van der Waals surface area contributed by atoms with Gasteiger partial charge in [0, 0.05) is 3.57 Å². The van der Waals surface area contributed by atoms with Crippen LogP contribution in [0.1, 0.15) is 22.1 Å². The average Bonchev–Trinajstić information content (AvgIpc) is 2.41. The summed E-state index contributed by atoms with van der Waals surface area (Å²) < 4.78 is 19.7. The largest absolute Gasteiger partial charge is 0.494 e. The van der Waals surface area contributed by atoms with E-state index in [-0.39, 0.29) is 11.1 Å². The molecular formula is C15H13ClFIO. The summed E-state index contributed by atoms with van der Waals surface area (Å²) >= 11 is 8.73. The summed E-state index contributed by atoms with van der Waals surface area (Å²) in [7, 11) is 1.44. The minimum absolute atomic E-state index is 0.228. The second-order valence-electron chi connectivity index (χ2n) is 4.23. The molecule has 2 rings (SSSR count). The summed E-state index contributed by atoms with van der Waals surface area (Å²) in [6, 6.07) is 10.8. The highest BCUT2D eigenvalue weighted by molar-refractivity contribution is 14.1. The lowest BCUT2D eigenvalue weighted by molar-refractivity contribution is 0.386. The van der Waals surface area contributed by atoms with Crippen LogP contribution >= 0.6 is 34.2 Å². The van der Waals surface area contributed by atoms with Crippen molar-refractivity contribution >= 4 is 34.2 Å². The first-order chi connectivity index (χ1) is 9.04. The number of benzene rings is 2. The van der Waals surface area contributed by atoms with E-state index in [2.05, 4.69) is 22.6 Å². The zero-order valence-corrected chi connectivity index (χ0v) is 13.5. The smallest absolute Gasteiger partial charge is 0.165 e. The molecule has 0 amide bonds. The highest BCUT2D eigenvalue weighted by atomic mass is 127. The third kappa shape index (κ3) is 3.03. The molecule has 0 spiro atoms. The fraction of sp³-hybridized carbons (Fsp3) is 0.200. The van der Waals surface area contributed by atoms with Crippen LogP contribution in [0.4, 0.5) is 4.39 Å². The molecule has 0 aromatic heterocycles. The molecule has 0 saturated heterocycles. The van der Waals surface area contributed by atoms with Crippen molar-refractivity contribution < 1.29 is 9.13 Å². The molecular weight excluding hydrogens is 378 g/mol. The second-order valence-corrected chi connectivity index (χ2v) is 5.75. The monoisotopic (exact) mass is 390 g/mol. The van der Waals surface area contributed by atoms with Gasteiger partial charge < -0.3 is 4.74 Å². The Labute approximate surface area is 130 Å². The van der Waals surface area contributed by atoms with E-state index in [1.807, 2.05) is 25.1 Å². The van der Waals surface area contributed by atoms with Gasteiger partial charge in [-0.3, -0.25) is 0 Å². The van der Waals surface area contributed by atoms with E-state index < -0.39 is 5.82 Å². The molecule has 0 aliphatic heterocycles. The summed E-state index contributed by atoms with van der Waals surface area (Å²) in [5.74, 6) is -0.167. The van der Waals surface area contributed by atoms with Gasteiger partial charge in [-0.2, -0.15) is 0 Å². The maximum absolute atomic E-state index is 13.7. The van der Waals surface area contributed by atoms with Gasteiger partial charge in [0.05, 0.1) is 12.5 Å². The number of aryl methyl sites for hydroxylation is 1. The van der Waals surface area contributed by atoms with Gasteiger partial charge in [0.2, 0.25) is 0 Å². The molecule has 0 saturated carbocycles. The minimum atomic E-state index is -0.395. The molecule has 0 radical (unpaired) electrons. The van der Waals surface area contributed by atoms with Crippen LogP contribution in [-0.4, -0.2) is 7.11 Å². The first-order valence-electron chi connectivity index (χ1n) is 5.77. The minimum Gasteiger partial charge on any atom is -0.494 e. The van der Waals surface area contributed by atoms with Crippen LogP contribution in [0.5, 0.6) is 5.75 Å². The zero-order valence-electron chi connectivity index (χ0n) is 10.6. The summed E-state index contributed by atoms with van der Waals surface area (Å²) in [5.41, 5.74) is 2.88. The van der Waals surface area contributed by atoms with Crippen LogP contribution in [0.25, 0.3) is 0 Å². The Kier molecular flexibility index (Phi) is 4.68. The lowest BCUT2D eigenvalue weighted by Gasteiger charge is -2.14. The molecule has 2 aromatic carbocycles. The van der Waals surface area contributed by atoms with Crippen LogP contribution in [0, 0.1) is 16.3 Å². The fourth-order valence-corrected chi connectivity index (χ4v) is 3.06. The van der Waals surface area contributed by atoms with Crippen molar-refractivity contribution in [2.24, 2.45) is 0 Å². The Morgan fingerprint density at radius 2 is 2.00 bits per heavy atom. The Balaban J connectivity index is 2.41. The molecule has 0 bridgehead atoms. The van der Waals surface area contributed by atoms with Gasteiger partial charge in [-0.05, 0) is 58.3 Å². The van der Waals surface area contributed by atoms with E-state index in [0.717, 1.165) is 20.3 Å². The lowest BCUT2D eigenvalue weighted by Crippen LogP contribution is -1.99. The van der Waals surface area contributed by atoms with Crippen molar-refractivity contribution in [1.29, 1.82) is 0 Å². The van der Waals surface area contributed by atoms with E-state index in [1.165, 1.54) is 13.2 Å². The van der Waals surface area contributed by atoms with Crippen molar-refractivity contribution in [3.05, 3.63) is 62.5 Å². The molecule has 2 aromatic rings. The summed E-state index contributed by atoms with van der Waals surface area (Å²) in [6.07, 6.45) is 0. The Morgan fingerprint density at radius 3 is 2.63 bits per heavy atom. The van der Waals surface area contributed by atoms with Crippen molar-refractivity contribution in [2.45, 2.75) is 12.3 Å². The molecule has 0 fully saturated rings. The summed E-state index contributed by atoms with van der Waals surface area (Å²) in [5, 5.41) is -0.368. The Morgan fingerprint density at radius 1 is 1.26 bits per heavy atom. The van der Waals surface area contributed by atoms with Gasteiger partial charge in [-0.25, -0.2) is 4.39 Å². The highest BCUT2D eigenvalue weighted by Crippen LogP contribution is 2.34. The van der Waals surface area contributed by atoms with E-state index in [1.54, 1.807) is 12.1 Å². The molecule has 1 atom stereocenters. The van der Waals surface area contributed by atoms with Gasteiger partial charge in [0.15, 0.2) is 11.6 Å². The molecule has 1 unspecified atom stereocenters. The van der Waals surface area contributed by atoms with Gasteiger partial charge in [-0.1, -0.05) is 24.3 Å². The van der Waals surface area contributed by atoms with Crippen molar-refractivity contribution in [1.82, 2.24) is 0 Å². The van der Waals surface area contributed by atoms with E-state index >= 15 is 0 Å². The lowest BCUT2D eigenvalue weighted by atomic mass is 10.0. The number of methoxy groups -OCH3 is 1. The van der Waals surface area contributed by atoms with E-state index in [9.17, 15) is 4.39 Å².